The minimum absolute atomic E-state index is 0.837. The first-order valence-corrected chi connectivity index (χ1v) is 4.97. The highest BCUT2D eigenvalue weighted by Gasteiger charge is 2.09. The number of hydrogen-bond acceptors (Lipinski definition) is 0. The molecule has 64 valence electrons. The first-order chi connectivity index (χ1) is 5.30. The maximum Gasteiger partial charge on any atom is -0.0210 e. The average molecular weight is 152 g/mol. The molecule has 1 unspecified atom stereocenters. The fraction of sp³-hybridized carbons (Fsp3) is 0.818. The minimum atomic E-state index is 0.837. The van der Waals surface area contributed by atoms with E-state index in [4.69, 9.17) is 0 Å². The number of allylic oxidation sites excluding steroid dienone is 2. The first-order valence-electron chi connectivity index (χ1n) is 4.97. The molecule has 0 aliphatic heterocycles. The number of hydrogen-bond donors (Lipinski definition) is 0. The van der Waals surface area contributed by atoms with E-state index < -0.39 is 0 Å². The van der Waals surface area contributed by atoms with Crippen molar-refractivity contribution in [3.63, 3.8) is 0 Å². The Labute approximate surface area is 70.7 Å². The lowest BCUT2D eigenvalue weighted by Gasteiger charge is -2.18. The third-order valence-corrected chi connectivity index (χ3v) is 2.65. The van der Waals surface area contributed by atoms with Gasteiger partial charge in [-0.25, -0.2) is 0 Å². The zero-order chi connectivity index (χ0) is 8.10. The normalized spacial score (nSPS) is 29.5. The Morgan fingerprint density at radius 3 is 2.73 bits per heavy atom. The van der Waals surface area contributed by atoms with Gasteiger partial charge in [0.1, 0.15) is 0 Å². The van der Waals surface area contributed by atoms with Crippen molar-refractivity contribution in [3.05, 3.63) is 12.2 Å². The van der Waals surface area contributed by atoms with E-state index >= 15 is 0 Å². The summed E-state index contributed by atoms with van der Waals surface area (Å²) < 4.78 is 0. The van der Waals surface area contributed by atoms with Crippen LogP contribution in [0.4, 0.5) is 0 Å². The lowest BCUT2D eigenvalue weighted by Crippen LogP contribution is -2.06. The summed E-state index contributed by atoms with van der Waals surface area (Å²) in [5.74, 6) is 1.69. The highest BCUT2D eigenvalue weighted by Crippen LogP contribution is 2.22. The molecular weight excluding hydrogens is 132 g/mol. The smallest absolute Gasteiger partial charge is 0.0210 e. The molecule has 1 atom stereocenters. The predicted octanol–water partition coefficient (Wildman–Crippen LogP) is 3.78. The molecule has 0 nitrogen and oxygen atoms in total. The van der Waals surface area contributed by atoms with Crippen molar-refractivity contribution in [1.82, 2.24) is 0 Å². The monoisotopic (exact) mass is 152 g/mol. The molecule has 0 heteroatoms. The maximum absolute atomic E-state index is 2.43. The van der Waals surface area contributed by atoms with Gasteiger partial charge in [0, 0.05) is 0 Å². The highest BCUT2D eigenvalue weighted by atomic mass is 14.2. The van der Waals surface area contributed by atoms with Crippen molar-refractivity contribution in [2.75, 3.05) is 0 Å². The summed E-state index contributed by atoms with van der Waals surface area (Å²) >= 11 is 0. The summed E-state index contributed by atoms with van der Waals surface area (Å²) in [4.78, 5) is 0. The van der Waals surface area contributed by atoms with Crippen molar-refractivity contribution in [1.29, 1.82) is 0 Å². The number of rotatable bonds is 1. The molecule has 0 N–H and O–H groups in total. The van der Waals surface area contributed by atoms with Crippen LogP contribution < -0.4 is 0 Å². The van der Waals surface area contributed by atoms with Crippen molar-refractivity contribution in [3.8, 4) is 0 Å². The second-order valence-corrected chi connectivity index (χ2v) is 3.97. The van der Waals surface area contributed by atoms with Gasteiger partial charge in [0.2, 0.25) is 0 Å². The fourth-order valence-corrected chi connectivity index (χ4v) is 1.74. The van der Waals surface area contributed by atoms with Crippen LogP contribution in [0.5, 0.6) is 0 Å². The van der Waals surface area contributed by atoms with E-state index in [9.17, 15) is 0 Å². The van der Waals surface area contributed by atoms with Crippen LogP contribution in [0.2, 0.25) is 0 Å². The molecule has 0 fully saturated rings. The Morgan fingerprint density at radius 2 is 2.00 bits per heavy atom. The lowest BCUT2D eigenvalue weighted by atomic mass is 9.88. The van der Waals surface area contributed by atoms with E-state index in [-0.39, 0.29) is 0 Å². The zero-order valence-electron chi connectivity index (χ0n) is 7.84. The van der Waals surface area contributed by atoms with E-state index in [0.29, 0.717) is 0 Å². The van der Waals surface area contributed by atoms with Gasteiger partial charge in [-0.1, -0.05) is 38.8 Å². The Hall–Kier alpha value is -0.260. The van der Waals surface area contributed by atoms with Crippen molar-refractivity contribution >= 4 is 0 Å². The standard InChI is InChI=1S/C11H20/c1-10(2)11-8-6-4-3-5-7-9-11/h6,8,10-11H,3-5,7,9H2,1-2H3/b8-6-. The van der Waals surface area contributed by atoms with Gasteiger partial charge in [0.15, 0.2) is 0 Å². The molecule has 0 saturated heterocycles. The molecular formula is C11H20. The highest BCUT2D eigenvalue weighted by molar-refractivity contribution is 4.91. The molecule has 11 heavy (non-hydrogen) atoms. The zero-order valence-corrected chi connectivity index (χ0v) is 7.84. The van der Waals surface area contributed by atoms with E-state index in [1.807, 2.05) is 0 Å². The van der Waals surface area contributed by atoms with Crippen molar-refractivity contribution in [2.24, 2.45) is 11.8 Å². The minimum Gasteiger partial charge on any atom is -0.0883 e. The maximum atomic E-state index is 2.43. The molecule has 1 aliphatic rings. The summed E-state index contributed by atoms with van der Waals surface area (Å²) in [6.07, 6.45) is 11.8. The van der Waals surface area contributed by atoms with Crippen LogP contribution in [-0.2, 0) is 0 Å². The van der Waals surface area contributed by atoms with Gasteiger partial charge in [-0.2, -0.15) is 0 Å². The van der Waals surface area contributed by atoms with Crippen LogP contribution in [0.25, 0.3) is 0 Å². The van der Waals surface area contributed by atoms with Crippen LogP contribution >= 0.6 is 0 Å². The Bertz CT molecular complexity index is 122. The Kier molecular flexibility index (Phi) is 3.68. The van der Waals surface area contributed by atoms with Crippen LogP contribution in [0.1, 0.15) is 46.0 Å². The van der Waals surface area contributed by atoms with Crippen molar-refractivity contribution < 1.29 is 0 Å². The predicted molar refractivity (Wildman–Crippen MR) is 50.6 cm³/mol. The van der Waals surface area contributed by atoms with Gasteiger partial charge >= 0.3 is 0 Å². The summed E-state index contributed by atoms with van der Waals surface area (Å²) in [5, 5.41) is 0. The van der Waals surface area contributed by atoms with Gasteiger partial charge in [-0.05, 0) is 31.1 Å². The van der Waals surface area contributed by atoms with E-state index in [0.717, 1.165) is 11.8 Å². The summed E-state index contributed by atoms with van der Waals surface area (Å²) in [5.41, 5.74) is 0. The summed E-state index contributed by atoms with van der Waals surface area (Å²) in [7, 11) is 0. The summed E-state index contributed by atoms with van der Waals surface area (Å²) in [6, 6.07) is 0. The first kappa shape index (κ1) is 8.83. The molecule has 0 saturated carbocycles. The van der Waals surface area contributed by atoms with Gasteiger partial charge in [0.05, 0.1) is 0 Å². The SMILES string of the molecule is CC(C)C1/C=C\CCCCC1. The molecule has 0 heterocycles. The second-order valence-electron chi connectivity index (χ2n) is 3.97. The molecule has 0 aromatic heterocycles. The van der Waals surface area contributed by atoms with Gasteiger partial charge in [-0.15, -0.1) is 0 Å². The molecule has 1 rings (SSSR count). The molecule has 0 radical (unpaired) electrons. The van der Waals surface area contributed by atoms with Crippen LogP contribution in [-0.4, -0.2) is 0 Å². The quantitative estimate of drug-likeness (QED) is 0.502. The van der Waals surface area contributed by atoms with Crippen molar-refractivity contribution in [2.45, 2.75) is 46.0 Å². The molecule has 0 spiro atoms. The second kappa shape index (κ2) is 4.58. The van der Waals surface area contributed by atoms with Gasteiger partial charge < -0.3 is 0 Å². The average Bonchev–Trinajstić information content (AvgIpc) is 1.84. The largest absolute Gasteiger partial charge is 0.0883 e. The molecule has 1 aliphatic carbocycles. The van der Waals surface area contributed by atoms with E-state index in [1.54, 1.807) is 0 Å². The molecule has 0 bridgehead atoms. The molecule has 0 amide bonds. The third-order valence-electron chi connectivity index (χ3n) is 2.65. The van der Waals surface area contributed by atoms with Crippen LogP contribution in [0, 0.1) is 11.8 Å². The topological polar surface area (TPSA) is 0 Å². The van der Waals surface area contributed by atoms with Gasteiger partial charge in [-0.3, -0.25) is 0 Å². The van der Waals surface area contributed by atoms with Gasteiger partial charge in [0.25, 0.3) is 0 Å². The van der Waals surface area contributed by atoms with Crippen LogP contribution in [0.3, 0.4) is 0 Å². The Morgan fingerprint density at radius 1 is 1.18 bits per heavy atom. The van der Waals surface area contributed by atoms with Crippen LogP contribution in [0.15, 0.2) is 12.2 Å². The lowest BCUT2D eigenvalue weighted by molar-refractivity contribution is 0.409. The summed E-state index contributed by atoms with van der Waals surface area (Å²) in [6.45, 7) is 4.66. The van der Waals surface area contributed by atoms with E-state index in [1.165, 1.54) is 32.1 Å². The molecule has 0 aromatic rings. The Balaban J connectivity index is 2.42. The third kappa shape index (κ3) is 3.09. The fourth-order valence-electron chi connectivity index (χ4n) is 1.74. The van der Waals surface area contributed by atoms with E-state index in [2.05, 4.69) is 26.0 Å². The molecule has 0 aromatic carbocycles.